The zero-order valence-corrected chi connectivity index (χ0v) is 13.9. The molecule has 3 heterocycles. The van der Waals surface area contributed by atoms with Crippen LogP contribution in [-0.2, 0) is 6.42 Å². The number of nitrogens with zero attached hydrogens (tertiary/aromatic N) is 5. The molecule has 0 aliphatic heterocycles. The Kier molecular flexibility index (Phi) is 3.95. The Morgan fingerprint density at radius 1 is 1.43 bits per heavy atom. The van der Waals surface area contributed by atoms with Crippen LogP contribution in [0.5, 0.6) is 0 Å². The van der Waals surface area contributed by atoms with Gasteiger partial charge in [-0.05, 0) is 33.7 Å². The smallest absolute Gasteiger partial charge is 0.269 e. The van der Waals surface area contributed by atoms with Gasteiger partial charge in [0.05, 0.1) is 5.69 Å². The van der Waals surface area contributed by atoms with E-state index >= 15 is 0 Å². The van der Waals surface area contributed by atoms with Crippen LogP contribution in [-0.4, -0.2) is 36.3 Å². The van der Waals surface area contributed by atoms with Gasteiger partial charge in [-0.25, -0.2) is 0 Å². The first-order chi connectivity index (χ1) is 10.9. The Hall–Kier alpha value is -2.55. The van der Waals surface area contributed by atoms with Gasteiger partial charge < -0.3 is 5.32 Å². The third-order valence-corrected chi connectivity index (χ3v) is 3.94. The Morgan fingerprint density at radius 3 is 2.96 bits per heavy atom. The third-order valence-electron chi connectivity index (χ3n) is 3.04. The predicted molar refractivity (Wildman–Crippen MR) is 86.7 cm³/mol. The maximum absolute atomic E-state index is 12.4. The van der Waals surface area contributed by atoms with Crippen molar-refractivity contribution in [3.63, 3.8) is 0 Å². The lowest BCUT2D eigenvalue weighted by molar-refractivity contribution is 0.103. The second-order valence-corrected chi connectivity index (χ2v) is 7.28. The summed E-state index contributed by atoms with van der Waals surface area (Å²) in [5.41, 5.74) is 1.78. The minimum atomic E-state index is -0.237. The van der Waals surface area contributed by atoms with Crippen LogP contribution in [0.15, 0.2) is 23.8 Å². The molecule has 3 aromatic heterocycles. The van der Waals surface area contributed by atoms with Gasteiger partial charge >= 0.3 is 0 Å². The molecular formula is C14H17N7OS. The molecule has 9 heteroatoms. The van der Waals surface area contributed by atoms with E-state index in [4.69, 9.17) is 0 Å². The van der Waals surface area contributed by atoms with E-state index in [-0.39, 0.29) is 11.3 Å². The first-order valence-electron chi connectivity index (χ1n) is 7.09. The third kappa shape index (κ3) is 3.62. The molecule has 120 valence electrons. The molecule has 0 aliphatic carbocycles. The summed E-state index contributed by atoms with van der Waals surface area (Å²) < 4.78 is 1.46. The van der Waals surface area contributed by atoms with Crippen molar-refractivity contribution in [1.29, 1.82) is 0 Å². The van der Waals surface area contributed by atoms with Crippen molar-refractivity contribution >= 4 is 23.1 Å². The molecule has 0 bridgehead atoms. The van der Waals surface area contributed by atoms with E-state index < -0.39 is 0 Å². The molecule has 0 fully saturated rings. The molecule has 3 aromatic rings. The van der Waals surface area contributed by atoms with Crippen molar-refractivity contribution < 1.29 is 4.79 Å². The monoisotopic (exact) mass is 331 g/mol. The summed E-state index contributed by atoms with van der Waals surface area (Å²) in [7, 11) is 0. The number of rotatable bonds is 4. The molecule has 0 saturated carbocycles. The lowest BCUT2D eigenvalue weighted by Crippen LogP contribution is -2.13. The minimum Gasteiger partial charge on any atom is -0.304 e. The number of carbonyl (C=O) groups excluding carboxylic acids is 1. The standard InChI is InChI=1S/C14H17N7OS/c1-14(2,3)7-9-6-11(18-17-9)16-13(22)12-10(4-5-23-12)21-8-15-19-20-21/h4-6,8H,7H2,1-3H3,(H2,16,17,18,22). The molecule has 0 saturated heterocycles. The number of aromatic amines is 1. The van der Waals surface area contributed by atoms with E-state index in [9.17, 15) is 4.79 Å². The summed E-state index contributed by atoms with van der Waals surface area (Å²) >= 11 is 1.33. The summed E-state index contributed by atoms with van der Waals surface area (Å²) in [6, 6.07) is 3.65. The molecule has 0 spiro atoms. The molecule has 23 heavy (non-hydrogen) atoms. The van der Waals surface area contributed by atoms with Gasteiger partial charge in [0.2, 0.25) is 0 Å². The molecule has 2 N–H and O–H groups in total. The average Bonchev–Trinajstić information content (AvgIpc) is 3.17. The first-order valence-corrected chi connectivity index (χ1v) is 7.97. The summed E-state index contributed by atoms with van der Waals surface area (Å²) in [5, 5.41) is 22.7. The maximum Gasteiger partial charge on any atom is 0.269 e. The van der Waals surface area contributed by atoms with Gasteiger partial charge in [0.1, 0.15) is 11.2 Å². The molecule has 0 atom stereocenters. The Bertz CT molecular complexity index is 797. The Balaban J connectivity index is 1.75. The number of tetrazole rings is 1. The fourth-order valence-corrected chi connectivity index (χ4v) is 2.96. The first kappa shape index (κ1) is 15.3. The van der Waals surface area contributed by atoms with Gasteiger partial charge in [0.15, 0.2) is 5.82 Å². The van der Waals surface area contributed by atoms with Crippen LogP contribution in [0, 0.1) is 5.41 Å². The van der Waals surface area contributed by atoms with Gasteiger partial charge in [-0.3, -0.25) is 9.89 Å². The molecule has 0 aliphatic rings. The number of thiophene rings is 1. The maximum atomic E-state index is 12.4. The van der Waals surface area contributed by atoms with Gasteiger partial charge in [-0.2, -0.15) is 9.78 Å². The number of anilines is 1. The van der Waals surface area contributed by atoms with E-state index in [1.807, 2.05) is 11.4 Å². The van der Waals surface area contributed by atoms with E-state index in [1.165, 1.54) is 22.3 Å². The number of H-pyrrole nitrogens is 1. The topological polar surface area (TPSA) is 101 Å². The van der Waals surface area contributed by atoms with Crippen molar-refractivity contribution in [1.82, 2.24) is 30.4 Å². The highest BCUT2D eigenvalue weighted by atomic mass is 32.1. The normalized spacial score (nSPS) is 11.6. The summed E-state index contributed by atoms with van der Waals surface area (Å²) in [5.74, 6) is 0.268. The highest BCUT2D eigenvalue weighted by molar-refractivity contribution is 7.12. The molecule has 8 nitrogen and oxygen atoms in total. The minimum absolute atomic E-state index is 0.148. The van der Waals surface area contributed by atoms with Crippen LogP contribution in [0.4, 0.5) is 5.82 Å². The molecular weight excluding hydrogens is 314 g/mol. The predicted octanol–water partition coefficient (Wildman–Crippen LogP) is 2.29. The van der Waals surface area contributed by atoms with Crippen LogP contribution >= 0.6 is 11.3 Å². The Labute approximate surface area is 136 Å². The van der Waals surface area contributed by atoms with E-state index in [1.54, 1.807) is 6.07 Å². The number of nitrogens with one attached hydrogen (secondary N) is 2. The number of hydrogen-bond donors (Lipinski definition) is 2. The fraction of sp³-hybridized carbons (Fsp3) is 0.357. The van der Waals surface area contributed by atoms with Crippen molar-refractivity contribution in [3.8, 4) is 5.69 Å². The lowest BCUT2D eigenvalue weighted by atomic mass is 9.91. The quantitative estimate of drug-likeness (QED) is 0.764. The number of carbonyl (C=O) groups is 1. The number of hydrogen-bond acceptors (Lipinski definition) is 6. The van der Waals surface area contributed by atoms with Crippen LogP contribution in [0.2, 0.25) is 0 Å². The highest BCUT2D eigenvalue weighted by Gasteiger charge is 2.18. The van der Waals surface area contributed by atoms with Crippen LogP contribution in [0.25, 0.3) is 5.69 Å². The van der Waals surface area contributed by atoms with Crippen LogP contribution in [0.1, 0.15) is 36.1 Å². The van der Waals surface area contributed by atoms with Gasteiger partial charge in [-0.1, -0.05) is 20.8 Å². The van der Waals surface area contributed by atoms with E-state index in [2.05, 4.69) is 51.8 Å². The number of aromatic nitrogens is 6. The number of amides is 1. The second kappa shape index (κ2) is 5.92. The average molecular weight is 331 g/mol. The molecule has 0 aromatic carbocycles. The van der Waals surface area contributed by atoms with Gasteiger partial charge in [-0.15, -0.1) is 16.4 Å². The zero-order valence-electron chi connectivity index (χ0n) is 13.1. The lowest BCUT2D eigenvalue weighted by Gasteiger charge is -2.15. The van der Waals surface area contributed by atoms with Crippen molar-refractivity contribution in [2.45, 2.75) is 27.2 Å². The summed E-state index contributed by atoms with van der Waals surface area (Å²) in [6.07, 6.45) is 2.31. The molecule has 1 amide bonds. The second-order valence-electron chi connectivity index (χ2n) is 6.36. The summed E-state index contributed by atoms with van der Waals surface area (Å²) in [4.78, 5) is 13.0. The van der Waals surface area contributed by atoms with E-state index in [0.717, 1.165) is 12.1 Å². The molecule has 0 unspecified atom stereocenters. The fourth-order valence-electron chi connectivity index (χ4n) is 2.19. The molecule has 0 radical (unpaired) electrons. The largest absolute Gasteiger partial charge is 0.304 e. The van der Waals surface area contributed by atoms with E-state index in [0.29, 0.717) is 16.4 Å². The van der Waals surface area contributed by atoms with Crippen LogP contribution < -0.4 is 5.32 Å². The van der Waals surface area contributed by atoms with Crippen molar-refractivity contribution in [2.75, 3.05) is 5.32 Å². The summed E-state index contributed by atoms with van der Waals surface area (Å²) in [6.45, 7) is 6.45. The van der Waals surface area contributed by atoms with Crippen LogP contribution in [0.3, 0.4) is 0 Å². The highest BCUT2D eigenvalue weighted by Crippen LogP contribution is 2.23. The zero-order chi connectivity index (χ0) is 16.4. The van der Waals surface area contributed by atoms with Crippen molar-refractivity contribution in [3.05, 3.63) is 34.4 Å². The van der Waals surface area contributed by atoms with Crippen molar-refractivity contribution in [2.24, 2.45) is 5.41 Å². The molecule has 3 rings (SSSR count). The SMILES string of the molecule is CC(C)(C)Cc1cc(NC(=O)c2sccc2-n2cnnn2)n[nH]1. The Morgan fingerprint density at radius 2 is 2.26 bits per heavy atom. The van der Waals surface area contributed by atoms with Gasteiger partial charge in [0, 0.05) is 11.8 Å². The van der Waals surface area contributed by atoms with Gasteiger partial charge in [0.25, 0.3) is 5.91 Å².